The maximum Gasteiger partial charge on any atom is 0.326 e. The number of benzene rings is 1. The molecule has 1 aromatic rings. The van der Waals surface area contributed by atoms with E-state index in [-0.39, 0.29) is 12.3 Å². The molecule has 21 heavy (non-hydrogen) atoms. The van der Waals surface area contributed by atoms with E-state index in [9.17, 15) is 9.59 Å². The normalized spacial score (nSPS) is 11.7. The summed E-state index contributed by atoms with van der Waals surface area (Å²) in [4.78, 5) is 22.8. The minimum absolute atomic E-state index is 0.190. The summed E-state index contributed by atoms with van der Waals surface area (Å²) in [6.45, 7) is 3.53. The highest BCUT2D eigenvalue weighted by Gasteiger charge is 2.18. The molecule has 0 radical (unpaired) electrons. The summed E-state index contributed by atoms with van der Waals surface area (Å²) in [6, 6.07) is 4.27. The van der Waals surface area contributed by atoms with Crippen molar-refractivity contribution in [2.75, 3.05) is 0 Å². The van der Waals surface area contributed by atoms with E-state index in [1.54, 1.807) is 24.3 Å². The first kappa shape index (κ1) is 17.5. The van der Waals surface area contributed by atoms with E-state index in [4.69, 9.17) is 28.3 Å². The number of halogens is 2. The van der Waals surface area contributed by atoms with E-state index < -0.39 is 12.0 Å². The van der Waals surface area contributed by atoms with Crippen molar-refractivity contribution < 1.29 is 14.7 Å². The molecule has 6 heteroatoms. The van der Waals surface area contributed by atoms with Crippen molar-refractivity contribution in [3.63, 3.8) is 0 Å². The third kappa shape index (κ3) is 6.19. The van der Waals surface area contributed by atoms with Crippen molar-refractivity contribution in [1.82, 2.24) is 5.32 Å². The van der Waals surface area contributed by atoms with Gasteiger partial charge in [0, 0.05) is 6.42 Å². The van der Waals surface area contributed by atoms with Crippen LogP contribution >= 0.6 is 23.2 Å². The van der Waals surface area contributed by atoms with Gasteiger partial charge in [0.25, 0.3) is 0 Å². The van der Waals surface area contributed by atoms with Gasteiger partial charge in [-0.3, -0.25) is 4.79 Å². The van der Waals surface area contributed by atoms with Crippen molar-refractivity contribution >= 4 is 35.1 Å². The standard InChI is InChI=1S/C15H17Cl2NO3/c1-2-3-4-13(15(20)21)18-14(19)8-6-10-5-7-11(16)12(17)9-10/h2,5,7,9,13H,1,3-4,6,8H2,(H,18,19)(H,20,21). The van der Waals surface area contributed by atoms with Gasteiger partial charge in [0.2, 0.25) is 5.91 Å². The Labute approximate surface area is 133 Å². The fourth-order valence-electron chi connectivity index (χ4n) is 1.76. The van der Waals surface area contributed by atoms with Gasteiger partial charge in [-0.2, -0.15) is 0 Å². The number of nitrogens with one attached hydrogen (secondary N) is 1. The van der Waals surface area contributed by atoms with E-state index in [0.29, 0.717) is 29.3 Å². The number of rotatable bonds is 8. The number of carboxylic acid groups (broad SMARTS) is 1. The Morgan fingerprint density at radius 2 is 2.05 bits per heavy atom. The maximum atomic E-state index is 11.8. The number of aryl methyl sites for hydroxylation is 1. The quantitative estimate of drug-likeness (QED) is 0.718. The molecule has 0 bridgehead atoms. The summed E-state index contributed by atoms with van der Waals surface area (Å²) in [5.74, 6) is -1.35. The van der Waals surface area contributed by atoms with Gasteiger partial charge in [-0.15, -0.1) is 6.58 Å². The van der Waals surface area contributed by atoms with Gasteiger partial charge in [0.05, 0.1) is 10.0 Å². The fourth-order valence-corrected chi connectivity index (χ4v) is 2.08. The average molecular weight is 330 g/mol. The zero-order valence-corrected chi connectivity index (χ0v) is 13.0. The minimum atomic E-state index is -1.04. The molecular formula is C15H17Cl2NO3. The number of hydrogen-bond acceptors (Lipinski definition) is 2. The summed E-state index contributed by atoms with van der Waals surface area (Å²) in [6.07, 6.45) is 3.14. The number of carboxylic acids is 1. The molecule has 1 unspecified atom stereocenters. The van der Waals surface area contributed by atoms with Crippen LogP contribution in [-0.4, -0.2) is 23.0 Å². The third-order valence-electron chi connectivity index (χ3n) is 2.92. The number of amides is 1. The monoisotopic (exact) mass is 329 g/mol. The minimum Gasteiger partial charge on any atom is -0.480 e. The summed E-state index contributed by atoms with van der Waals surface area (Å²) in [7, 11) is 0. The van der Waals surface area contributed by atoms with Gasteiger partial charge in [0.1, 0.15) is 6.04 Å². The van der Waals surface area contributed by atoms with Gasteiger partial charge < -0.3 is 10.4 Å². The zero-order valence-electron chi connectivity index (χ0n) is 11.4. The lowest BCUT2D eigenvalue weighted by Gasteiger charge is -2.13. The van der Waals surface area contributed by atoms with E-state index >= 15 is 0 Å². The van der Waals surface area contributed by atoms with Crippen molar-refractivity contribution in [3.05, 3.63) is 46.5 Å². The summed E-state index contributed by atoms with van der Waals surface area (Å²) in [5, 5.41) is 12.4. The topological polar surface area (TPSA) is 66.4 Å². The molecule has 0 aliphatic carbocycles. The lowest BCUT2D eigenvalue weighted by atomic mass is 10.1. The van der Waals surface area contributed by atoms with Crippen molar-refractivity contribution in [1.29, 1.82) is 0 Å². The summed E-state index contributed by atoms with van der Waals surface area (Å²) >= 11 is 11.7. The van der Waals surface area contributed by atoms with Crippen LogP contribution in [-0.2, 0) is 16.0 Å². The second-order valence-corrected chi connectivity index (χ2v) is 5.39. The van der Waals surface area contributed by atoms with E-state index in [1.165, 1.54) is 0 Å². The third-order valence-corrected chi connectivity index (χ3v) is 3.66. The second-order valence-electron chi connectivity index (χ2n) is 4.57. The van der Waals surface area contributed by atoms with Crippen molar-refractivity contribution in [2.45, 2.75) is 31.7 Å². The Hall–Kier alpha value is -1.52. The van der Waals surface area contributed by atoms with Crippen molar-refractivity contribution in [3.8, 4) is 0 Å². The van der Waals surface area contributed by atoms with Crippen molar-refractivity contribution in [2.24, 2.45) is 0 Å². The van der Waals surface area contributed by atoms with E-state index in [0.717, 1.165) is 5.56 Å². The highest BCUT2D eigenvalue weighted by Crippen LogP contribution is 2.23. The molecule has 0 aliphatic rings. The molecule has 1 rings (SSSR count). The number of allylic oxidation sites excluding steroid dienone is 1. The molecule has 0 aromatic heterocycles. The number of hydrogen-bond donors (Lipinski definition) is 2. The maximum absolute atomic E-state index is 11.8. The summed E-state index contributed by atoms with van der Waals surface area (Å²) in [5.41, 5.74) is 0.873. The van der Waals surface area contributed by atoms with Gasteiger partial charge in [-0.25, -0.2) is 4.79 Å². The molecule has 0 spiro atoms. The van der Waals surface area contributed by atoms with Gasteiger partial charge in [-0.1, -0.05) is 35.3 Å². The predicted molar refractivity (Wildman–Crippen MR) is 83.8 cm³/mol. The summed E-state index contributed by atoms with van der Waals surface area (Å²) < 4.78 is 0. The van der Waals surface area contributed by atoms with Gasteiger partial charge >= 0.3 is 5.97 Å². The van der Waals surface area contributed by atoms with Crippen LogP contribution in [0.4, 0.5) is 0 Å². The number of carbonyl (C=O) groups excluding carboxylic acids is 1. The van der Waals surface area contributed by atoms with E-state index in [1.807, 2.05) is 0 Å². The first-order valence-corrected chi connectivity index (χ1v) is 7.26. The molecule has 1 aromatic carbocycles. The molecular weight excluding hydrogens is 313 g/mol. The first-order chi connectivity index (χ1) is 9.93. The molecule has 0 saturated heterocycles. The van der Waals surface area contributed by atoms with Crippen LogP contribution in [0.1, 0.15) is 24.8 Å². The molecule has 2 N–H and O–H groups in total. The highest BCUT2D eigenvalue weighted by atomic mass is 35.5. The Morgan fingerprint density at radius 3 is 2.62 bits per heavy atom. The molecule has 0 heterocycles. The van der Waals surface area contributed by atoms with Crippen LogP contribution in [0.3, 0.4) is 0 Å². The van der Waals surface area contributed by atoms with Crippen LogP contribution in [0.5, 0.6) is 0 Å². The van der Waals surface area contributed by atoms with Crippen LogP contribution < -0.4 is 5.32 Å². The predicted octanol–water partition coefficient (Wildman–Crippen LogP) is 3.46. The van der Waals surface area contributed by atoms with E-state index in [2.05, 4.69) is 11.9 Å². The Kier molecular flexibility index (Phi) is 7.26. The molecule has 0 saturated carbocycles. The largest absolute Gasteiger partial charge is 0.480 e. The van der Waals surface area contributed by atoms with Gasteiger partial charge in [0.15, 0.2) is 0 Å². The number of carbonyl (C=O) groups is 2. The molecule has 0 aliphatic heterocycles. The fraction of sp³-hybridized carbons (Fsp3) is 0.333. The lowest BCUT2D eigenvalue weighted by molar-refractivity contribution is -0.142. The average Bonchev–Trinajstić information content (AvgIpc) is 2.44. The van der Waals surface area contributed by atoms with Gasteiger partial charge in [-0.05, 0) is 37.0 Å². The molecule has 1 amide bonds. The Bertz CT molecular complexity index is 532. The Balaban J connectivity index is 2.50. The van der Waals surface area contributed by atoms with Crippen LogP contribution in [0.25, 0.3) is 0 Å². The van der Waals surface area contributed by atoms with Crippen LogP contribution in [0.2, 0.25) is 10.0 Å². The second kappa shape index (κ2) is 8.70. The number of aliphatic carboxylic acids is 1. The molecule has 114 valence electrons. The lowest BCUT2D eigenvalue weighted by Crippen LogP contribution is -2.40. The smallest absolute Gasteiger partial charge is 0.326 e. The Morgan fingerprint density at radius 1 is 1.33 bits per heavy atom. The molecule has 1 atom stereocenters. The first-order valence-electron chi connectivity index (χ1n) is 6.51. The van der Waals surface area contributed by atoms with Crippen LogP contribution in [0.15, 0.2) is 30.9 Å². The highest BCUT2D eigenvalue weighted by molar-refractivity contribution is 6.42. The SMILES string of the molecule is C=CCCC(NC(=O)CCc1ccc(Cl)c(Cl)c1)C(=O)O. The molecule has 0 fully saturated rings. The zero-order chi connectivity index (χ0) is 15.8. The van der Waals surface area contributed by atoms with Crippen LogP contribution in [0, 0.1) is 0 Å². The molecule has 4 nitrogen and oxygen atoms in total.